The Balaban J connectivity index is 1.08. The zero-order valence-corrected chi connectivity index (χ0v) is 32.6. The van der Waals surface area contributed by atoms with Crippen molar-refractivity contribution in [2.45, 2.75) is 32.6 Å². The lowest BCUT2D eigenvalue weighted by atomic mass is 9.95. The van der Waals surface area contributed by atoms with Gasteiger partial charge in [-0.3, -0.25) is 13.7 Å². The largest absolute Gasteiger partial charge is 0.458 e. The molecule has 0 bridgehead atoms. The van der Waals surface area contributed by atoms with E-state index in [9.17, 15) is 0 Å². The lowest BCUT2D eigenvalue weighted by Gasteiger charge is -2.17. The molecule has 58 heavy (non-hydrogen) atoms. The van der Waals surface area contributed by atoms with Crippen LogP contribution in [0.2, 0.25) is 0 Å². The van der Waals surface area contributed by atoms with E-state index >= 15 is 0 Å². The van der Waals surface area contributed by atoms with Gasteiger partial charge in [-0.25, -0.2) is 4.98 Å². The van der Waals surface area contributed by atoms with Gasteiger partial charge in [0.15, 0.2) is 0 Å². The monoisotopic (exact) mass is 750 g/mol. The molecule has 3 aromatic heterocycles. The molecule has 0 fully saturated rings. The van der Waals surface area contributed by atoms with Gasteiger partial charge in [0.05, 0.1) is 33.4 Å². The van der Waals surface area contributed by atoms with Crippen LogP contribution in [0.15, 0.2) is 188 Å². The van der Waals surface area contributed by atoms with Crippen molar-refractivity contribution in [2.24, 2.45) is 0 Å². The highest BCUT2D eigenvalue weighted by molar-refractivity contribution is 6.09. The van der Waals surface area contributed by atoms with E-state index in [4.69, 9.17) is 9.72 Å². The Hall–Kier alpha value is -7.24. The van der Waals surface area contributed by atoms with Crippen LogP contribution in [0.5, 0.6) is 11.5 Å². The van der Waals surface area contributed by atoms with Gasteiger partial charge in [0.1, 0.15) is 17.3 Å². The second-order valence-corrected chi connectivity index (χ2v) is 14.8. The van der Waals surface area contributed by atoms with Gasteiger partial charge in [-0.15, -0.1) is 0 Å². The number of hydrogen-bond acceptors (Lipinski definition) is 2. The summed E-state index contributed by atoms with van der Waals surface area (Å²) in [4.78, 5) is 4.90. The third kappa shape index (κ3) is 6.22. The number of rotatable bonds is 10. The first-order valence-corrected chi connectivity index (χ1v) is 20.2. The van der Waals surface area contributed by atoms with Gasteiger partial charge in [0.2, 0.25) is 0 Å². The predicted molar refractivity (Wildman–Crippen MR) is 236 cm³/mol. The molecule has 5 heteroatoms. The van der Waals surface area contributed by atoms with E-state index in [1.807, 2.05) is 18.3 Å². The molecule has 0 radical (unpaired) electrons. The van der Waals surface area contributed by atoms with E-state index in [2.05, 4.69) is 204 Å². The Morgan fingerprint density at radius 3 is 1.95 bits per heavy atom. The van der Waals surface area contributed by atoms with Crippen molar-refractivity contribution in [1.82, 2.24) is 14.1 Å². The molecule has 0 N–H and O–H groups in total. The predicted octanol–water partition coefficient (Wildman–Crippen LogP) is 13.2. The van der Waals surface area contributed by atoms with Crippen LogP contribution in [0.3, 0.4) is 0 Å². The summed E-state index contributed by atoms with van der Waals surface area (Å²) in [7, 11) is 0. The summed E-state index contributed by atoms with van der Waals surface area (Å²) in [5, 5.41) is 2.35. The van der Waals surface area contributed by atoms with Crippen LogP contribution in [0.4, 0.5) is 0 Å². The first-order valence-electron chi connectivity index (χ1n) is 20.2. The number of para-hydroxylation sites is 4. The maximum Gasteiger partial charge on any atom is 0.269 e. The van der Waals surface area contributed by atoms with Gasteiger partial charge in [0, 0.05) is 23.0 Å². The van der Waals surface area contributed by atoms with Crippen LogP contribution in [0.25, 0.3) is 72.3 Å². The highest BCUT2D eigenvalue weighted by Crippen LogP contribution is 2.37. The zero-order valence-electron chi connectivity index (χ0n) is 32.6. The number of nitrogens with zero attached hydrogens (tertiary/aromatic N) is 4. The van der Waals surface area contributed by atoms with E-state index in [1.54, 1.807) is 0 Å². The highest BCUT2D eigenvalue weighted by Gasteiger charge is 2.20. The van der Waals surface area contributed by atoms with Crippen molar-refractivity contribution in [1.29, 1.82) is 0 Å². The molecule has 0 saturated carbocycles. The van der Waals surface area contributed by atoms with E-state index in [1.165, 1.54) is 10.9 Å². The fraction of sp³-hybridized carbons (Fsp3) is 0.0943. The number of hydrogen-bond donors (Lipinski definition) is 0. The Labute approximate surface area is 338 Å². The van der Waals surface area contributed by atoms with E-state index in [0.29, 0.717) is 5.92 Å². The molecule has 0 aliphatic heterocycles. The van der Waals surface area contributed by atoms with E-state index in [0.717, 1.165) is 91.2 Å². The van der Waals surface area contributed by atoms with Crippen molar-refractivity contribution in [3.63, 3.8) is 0 Å². The molecule has 7 aromatic carbocycles. The summed E-state index contributed by atoms with van der Waals surface area (Å²) in [6, 6.07) is 63.9. The molecule has 10 aromatic rings. The summed E-state index contributed by atoms with van der Waals surface area (Å²) in [5.41, 5.74) is 12.2. The van der Waals surface area contributed by atoms with Crippen molar-refractivity contribution in [2.75, 3.05) is 0 Å². The Kier molecular flexibility index (Phi) is 9.11. The minimum atomic E-state index is 0.495. The Morgan fingerprint density at radius 1 is 0.569 bits per heavy atom. The van der Waals surface area contributed by atoms with Crippen molar-refractivity contribution >= 4 is 32.8 Å². The molecule has 0 amide bonds. The number of pyridine rings is 1. The maximum atomic E-state index is 6.72. The van der Waals surface area contributed by atoms with E-state index < -0.39 is 0 Å². The minimum absolute atomic E-state index is 0.495. The zero-order chi connectivity index (χ0) is 39.0. The molecule has 280 valence electrons. The average Bonchev–Trinajstić information content (AvgIpc) is 3.83. The average molecular weight is 751 g/mol. The third-order valence-electron chi connectivity index (χ3n) is 11.4. The molecule has 5 nitrogen and oxygen atoms in total. The van der Waals surface area contributed by atoms with Gasteiger partial charge in [-0.2, -0.15) is 0 Å². The molecule has 0 unspecified atom stereocenters. The molecule has 0 atom stereocenters. The number of aromatic nitrogens is 4. The fourth-order valence-corrected chi connectivity index (χ4v) is 8.56. The number of imidazole rings is 1. The molecule has 0 aliphatic rings. The normalized spacial score (nSPS) is 11.6. The number of benzene rings is 7. The quantitative estimate of drug-likeness (QED) is 0.103. The highest BCUT2D eigenvalue weighted by atomic mass is 16.5. The Morgan fingerprint density at radius 2 is 1.21 bits per heavy atom. The van der Waals surface area contributed by atoms with Crippen LogP contribution in [0, 0.1) is 6.33 Å². The topological polar surface area (TPSA) is 35.9 Å². The second kappa shape index (κ2) is 15.0. The standard InChI is InChI=1S/C53H42N4O/c1-3-37(4-2)40-31-32-54-52(33-40)57-48-26-12-11-23-46(48)47-30-29-43(35-51(47)57)58-42-22-15-21-41(34-42)55-36-56(50-28-14-13-27-49(50)55)53-44(38-17-7-5-8-18-38)24-16-25-45(53)39-19-9-6-10-20-39/h5-35,37H,3-4H2,1-2H3. The summed E-state index contributed by atoms with van der Waals surface area (Å²) < 4.78 is 13.3. The Bertz CT molecular complexity index is 3010. The first-order chi connectivity index (χ1) is 28.7. The summed E-state index contributed by atoms with van der Waals surface area (Å²) >= 11 is 0. The first kappa shape index (κ1) is 35.2. The maximum absolute atomic E-state index is 6.72. The summed E-state index contributed by atoms with van der Waals surface area (Å²) in [6.45, 7) is 4.52. The van der Waals surface area contributed by atoms with Crippen molar-refractivity contribution in [3.05, 3.63) is 200 Å². The molecule has 10 rings (SSSR count). The SMILES string of the molecule is CCC(CC)c1ccnc(-n2c3ccccc3c3ccc(Oc4cccc(-n5[c-][n+](-c6c(-c7ccccc7)cccc6-c6ccccc6)c6ccccc65)c4)cc32)c1. The molecule has 0 saturated heterocycles. The van der Waals surface area contributed by atoms with Gasteiger partial charge in [-0.1, -0.05) is 141 Å². The van der Waals surface area contributed by atoms with Crippen LogP contribution >= 0.6 is 0 Å². The fourth-order valence-electron chi connectivity index (χ4n) is 8.56. The summed E-state index contributed by atoms with van der Waals surface area (Å²) in [5.74, 6) is 2.91. The van der Waals surface area contributed by atoms with E-state index in [-0.39, 0.29) is 0 Å². The van der Waals surface area contributed by atoms with Crippen LogP contribution in [-0.4, -0.2) is 14.1 Å². The van der Waals surface area contributed by atoms with Gasteiger partial charge in [0.25, 0.3) is 6.33 Å². The molecular formula is C53H42N4O. The molecule has 0 spiro atoms. The molecular weight excluding hydrogens is 709 g/mol. The van der Waals surface area contributed by atoms with Crippen LogP contribution in [0.1, 0.15) is 38.2 Å². The summed E-state index contributed by atoms with van der Waals surface area (Å²) in [6.07, 6.45) is 7.92. The lowest BCUT2D eigenvalue weighted by molar-refractivity contribution is -0.571. The molecule has 3 heterocycles. The number of fused-ring (bicyclic) bond motifs is 4. The minimum Gasteiger partial charge on any atom is -0.458 e. The second-order valence-electron chi connectivity index (χ2n) is 14.8. The smallest absolute Gasteiger partial charge is 0.269 e. The van der Waals surface area contributed by atoms with Crippen LogP contribution in [-0.2, 0) is 0 Å². The lowest BCUT2D eigenvalue weighted by Crippen LogP contribution is -2.31. The third-order valence-corrected chi connectivity index (χ3v) is 11.4. The number of ether oxygens (including phenoxy) is 1. The van der Waals surface area contributed by atoms with Crippen molar-refractivity contribution in [3.8, 4) is 50.9 Å². The van der Waals surface area contributed by atoms with Gasteiger partial charge < -0.3 is 4.74 Å². The van der Waals surface area contributed by atoms with Crippen LogP contribution < -0.4 is 9.30 Å². The van der Waals surface area contributed by atoms with Crippen molar-refractivity contribution < 1.29 is 9.30 Å². The molecule has 0 aliphatic carbocycles. The van der Waals surface area contributed by atoms with Gasteiger partial charge >= 0.3 is 0 Å². The van der Waals surface area contributed by atoms with Gasteiger partial charge in [-0.05, 0) is 95.1 Å².